The van der Waals surface area contributed by atoms with Gasteiger partial charge in [-0.3, -0.25) is 4.79 Å². The number of hydrogen-bond donors (Lipinski definition) is 1. The molecule has 0 aromatic heterocycles. The Morgan fingerprint density at radius 1 is 1.71 bits per heavy atom. The molecule has 0 saturated heterocycles. The summed E-state index contributed by atoms with van der Waals surface area (Å²) in [6.45, 7) is 0. The van der Waals surface area contributed by atoms with Crippen molar-refractivity contribution in [3.8, 4) is 0 Å². The molecule has 1 aliphatic rings. The third-order valence-corrected chi connectivity index (χ3v) is 4.29. The van der Waals surface area contributed by atoms with Crippen LogP contribution in [-0.2, 0) is 9.53 Å². The van der Waals surface area contributed by atoms with Gasteiger partial charge in [-0.2, -0.15) is 0 Å². The molecule has 0 radical (unpaired) electrons. The fraction of sp³-hybridized carbons (Fsp3) is 0.417. The first-order chi connectivity index (χ1) is 9.16. The molecular weight excluding hydrogens is 307 g/mol. The zero-order valence-electron chi connectivity index (χ0n) is 11.7. The van der Waals surface area contributed by atoms with Gasteiger partial charge in [-0.05, 0) is 46.5 Å². The molecule has 0 aliphatic heterocycles. The zero-order chi connectivity index (χ0) is 15.1. The molecule has 1 atom stereocenters. The van der Waals surface area contributed by atoms with Gasteiger partial charge in [0.1, 0.15) is 0 Å². The van der Waals surface area contributed by atoms with E-state index in [2.05, 4.69) is 15.9 Å². The Kier molecular flexibility index (Phi) is 2.53. The second kappa shape index (κ2) is 4.59. The molecule has 0 heterocycles. The van der Waals surface area contributed by atoms with Crippen molar-refractivity contribution in [3.05, 3.63) is 33.3 Å². The molecule has 0 spiro atoms. The maximum Gasteiger partial charge on any atom is 0.312 e. The lowest BCUT2D eigenvalue weighted by Crippen LogP contribution is -2.25. The molecule has 1 N–H and O–H groups in total. The summed E-state index contributed by atoms with van der Waals surface area (Å²) in [5.41, 5.74) is -0.681. The average molecular weight is 323 g/mol. The molecule has 3 nitrogen and oxygen atoms in total. The number of hydrogen-bond acceptors (Lipinski definition) is 2. The van der Waals surface area contributed by atoms with E-state index in [9.17, 15) is 9.90 Å². The van der Waals surface area contributed by atoms with E-state index in [4.69, 9.17) is 20.5 Å². The van der Waals surface area contributed by atoms with Crippen molar-refractivity contribution in [1.29, 1.82) is 0 Å². The molecule has 1 fully saturated rings. The minimum atomic E-state index is -2.66. The highest BCUT2D eigenvalue weighted by Gasteiger charge is 2.57. The third kappa shape index (κ3) is 2.21. The number of rotatable bonds is 4. The summed E-state index contributed by atoms with van der Waals surface area (Å²) in [5.74, 6) is -1.04. The minimum absolute atomic E-state index is 0.392. The van der Waals surface area contributed by atoms with Crippen LogP contribution in [0.4, 0.5) is 0 Å². The molecule has 17 heavy (non-hydrogen) atoms. The predicted octanol–water partition coefficient (Wildman–Crippen LogP) is 3.65. The molecule has 1 aliphatic carbocycles. The van der Waals surface area contributed by atoms with Gasteiger partial charge in [0.2, 0.25) is 0 Å². The summed E-state index contributed by atoms with van der Waals surface area (Å²) in [6, 6.07) is 4.77. The standard InChI is InChI=1S/C12H12BrClO3/c1-17-10(12(4-5-12)11(15)16)7-2-3-9(14)8(13)6-7/h2-3,6,10H,4-5H2,1H3,(H,15,16)/i1D3. The maximum atomic E-state index is 11.4. The molecule has 5 heteroatoms. The van der Waals surface area contributed by atoms with Crippen molar-refractivity contribution in [1.82, 2.24) is 0 Å². The van der Waals surface area contributed by atoms with Crippen LogP contribution >= 0.6 is 27.5 Å². The van der Waals surface area contributed by atoms with Gasteiger partial charge in [0, 0.05) is 11.5 Å². The van der Waals surface area contributed by atoms with E-state index in [-0.39, 0.29) is 0 Å². The highest BCUT2D eigenvalue weighted by molar-refractivity contribution is 9.10. The lowest BCUT2D eigenvalue weighted by molar-refractivity contribution is -0.149. The molecule has 92 valence electrons. The first-order valence-electron chi connectivity index (χ1n) is 6.52. The van der Waals surface area contributed by atoms with Crippen molar-refractivity contribution in [2.24, 2.45) is 5.41 Å². The number of carboxylic acid groups (broad SMARTS) is 1. The fourth-order valence-electron chi connectivity index (χ4n) is 1.90. The Morgan fingerprint density at radius 2 is 2.41 bits per heavy atom. The topological polar surface area (TPSA) is 46.5 Å². The summed E-state index contributed by atoms with van der Waals surface area (Å²) >= 11 is 9.14. The Balaban J connectivity index is 2.41. The van der Waals surface area contributed by atoms with E-state index in [0.29, 0.717) is 27.9 Å². The van der Waals surface area contributed by atoms with Gasteiger partial charge in [-0.25, -0.2) is 0 Å². The van der Waals surface area contributed by atoms with E-state index >= 15 is 0 Å². The largest absolute Gasteiger partial charge is 0.481 e. The van der Waals surface area contributed by atoms with Gasteiger partial charge < -0.3 is 9.84 Å². The fourth-order valence-corrected chi connectivity index (χ4v) is 2.41. The average Bonchev–Trinajstić information content (AvgIpc) is 3.10. The number of halogens is 2. The number of ether oxygens (including phenoxy) is 1. The molecule has 1 unspecified atom stereocenters. The quantitative estimate of drug-likeness (QED) is 0.920. The summed E-state index contributed by atoms with van der Waals surface area (Å²) in [6.07, 6.45) is -0.242. The Morgan fingerprint density at radius 3 is 2.88 bits per heavy atom. The monoisotopic (exact) mass is 321 g/mol. The van der Waals surface area contributed by atoms with Crippen LogP contribution in [0.25, 0.3) is 0 Å². The van der Waals surface area contributed by atoms with Gasteiger partial charge in [0.25, 0.3) is 0 Å². The van der Waals surface area contributed by atoms with Crippen molar-refractivity contribution in [2.45, 2.75) is 18.9 Å². The maximum absolute atomic E-state index is 11.4. The number of aliphatic carboxylic acids is 1. The smallest absolute Gasteiger partial charge is 0.312 e. The van der Waals surface area contributed by atoms with Gasteiger partial charge >= 0.3 is 5.97 Å². The molecular formula is C12H12BrClO3. The highest BCUT2D eigenvalue weighted by atomic mass is 79.9. The van der Waals surface area contributed by atoms with E-state index in [0.717, 1.165) is 0 Å². The summed E-state index contributed by atoms with van der Waals surface area (Å²) < 4.78 is 27.3. The first kappa shape index (κ1) is 9.36. The van der Waals surface area contributed by atoms with Crippen LogP contribution in [0, 0.1) is 5.41 Å². The Hall–Kier alpha value is -0.580. The van der Waals surface area contributed by atoms with Crippen LogP contribution in [0.2, 0.25) is 5.02 Å². The van der Waals surface area contributed by atoms with Crippen LogP contribution < -0.4 is 0 Å². The third-order valence-electron chi connectivity index (χ3n) is 3.08. The van der Waals surface area contributed by atoms with Gasteiger partial charge in [0.05, 0.1) is 20.7 Å². The SMILES string of the molecule is [2H]C([2H])([2H])OC(c1ccc(Cl)c(Br)c1)C1(C(=O)O)CC1. The number of benzene rings is 1. The van der Waals surface area contributed by atoms with E-state index in [1.807, 2.05) is 0 Å². The van der Waals surface area contributed by atoms with Gasteiger partial charge in [-0.15, -0.1) is 0 Å². The van der Waals surface area contributed by atoms with E-state index < -0.39 is 24.5 Å². The van der Waals surface area contributed by atoms with Crippen molar-refractivity contribution in [3.63, 3.8) is 0 Å². The summed E-state index contributed by atoms with van der Waals surface area (Å²) in [7, 11) is -2.66. The lowest BCUT2D eigenvalue weighted by Gasteiger charge is -2.22. The van der Waals surface area contributed by atoms with Gasteiger partial charge in [0.15, 0.2) is 0 Å². The Bertz CT molecular complexity index is 543. The highest BCUT2D eigenvalue weighted by Crippen LogP contribution is 2.56. The second-order valence-corrected chi connectivity index (χ2v) is 5.39. The molecule has 1 aromatic carbocycles. The lowest BCUT2D eigenvalue weighted by atomic mass is 9.93. The van der Waals surface area contributed by atoms with Gasteiger partial charge in [-0.1, -0.05) is 17.7 Å². The van der Waals surface area contributed by atoms with E-state index in [1.165, 1.54) is 0 Å². The first-order valence-corrected chi connectivity index (χ1v) is 6.19. The van der Waals surface area contributed by atoms with Crippen molar-refractivity contribution in [2.75, 3.05) is 7.04 Å². The summed E-state index contributed by atoms with van der Waals surface area (Å²) in [5, 5.41) is 9.81. The molecule has 0 amide bonds. The Labute approximate surface area is 117 Å². The van der Waals surface area contributed by atoms with E-state index in [1.54, 1.807) is 18.2 Å². The van der Waals surface area contributed by atoms with Crippen molar-refractivity contribution >= 4 is 33.5 Å². The second-order valence-electron chi connectivity index (χ2n) is 4.13. The number of methoxy groups -OCH3 is 1. The predicted molar refractivity (Wildman–Crippen MR) is 68.2 cm³/mol. The van der Waals surface area contributed by atoms with Crippen molar-refractivity contribution < 1.29 is 18.8 Å². The van der Waals surface area contributed by atoms with Crippen LogP contribution in [-0.4, -0.2) is 18.1 Å². The number of carbonyl (C=O) groups is 1. The molecule has 2 rings (SSSR count). The normalized spacial score (nSPS) is 22.1. The minimum Gasteiger partial charge on any atom is -0.481 e. The van der Waals surface area contributed by atoms with Crippen LogP contribution in [0.1, 0.15) is 28.6 Å². The summed E-state index contributed by atoms with van der Waals surface area (Å²) in [4.78, 5) is 11.4. The molecule has 1 saturated carbocycles. The van der Waals surface area contributed by atoms with Crippen LogP contribution in [0.3, 0.4) is 0 Å². The molecule has 0 bridgehead atoms. The zero-order valence-corrected chi connectivity index (χ0v) is 11.1. The van der Waals surface area contributed by atoms with Crippen LogP contribution in [0.5, 0.6) is 0 Å². The van der Waals surface area contributed by atoms with Crippen LogP contribution in [0.15, 0.2) is 22.7 Å². The molecule has 1 aromatic rings. The number of carboxylic acids is 1.